The topological polar surface area (TPSA) is 34.0 Å². The van der Waals surface area contributed by atoms with Crippen LogP contribution in [0, 0.1) is 0 Å². The lowest BCUT2D eigenvalue weighted by Crippen LogP contribution is -2.15. The molecular weight excluding hydrogens is 729 g/mol. The molecule has 0 saturated heterocycles. The number of hydrogen-bond donors (Lipinski definition) is 0. The minimum Gasteiger partial charge on any atom is -0.309 e. The second-order valence-electron chi connectivity index (χ2n) is 15.4. The lowest BCUT2D eigenvalue weighted by molar-refractivity contribution is 1.11. The highest BCUT2D eigenvalue weighted by Crippen LogP contribution is 2.44. The minimum atomic E-state index is 0.627. The van der Waals surface area contributed by atoms with Crippen molar-refractivity contribution >= 4 is 73.0 Å². The molecule has 0 fully saturated rings. The molecule has 4 heteroatoms. The molecule has 1 aliphatic heterocycles. The van der Waals surface area contributed by atoms with Gasteiger partial charge in [0.25, 0.3) is 0 Å². The van der Waals surface area contributed by atoms with Crippen LogP contribution in [0.1, 0.15) is 11.1 Å². The van der Waals surface area contributed by atoms with E-state index < -0.39 is 0 Å². The Labute approximate surface area is 347 Å². The molecule has 0 amide bonds. The average molecular weight is 765 g/mol. The summed E-state index contributed by atoms with van der Waals surface area (Å²) in [7, 11) is 0. The third-order valence-corrected chi connectivity index (χ3v) is 12.0. The lowest BCUT2D eigenvalue weighted by atomic mass is 9.96. The van der Waals surface area contributed by atoms with E-state index in [4.69, 9.17) is 9.97 Å². The van der Waals surface area contributed by atoms with Gasteiger partial charge in [0.2, 0.25) is 5.95 Å². The van der Waals surface area contributed by atoms with Crippen molar-refractivity contribution in [3.8, 4) is 39.2 Å². The van der Waals surface area contributed by atoms with Gasteiger partial charge in [0, 0.05) is 27.4 Å². The highest BCUT2D eigenvalue weighted by Gasteiger charge is 2.24. The Kier molecular flexibility index (Phi) is 7.82. The molecule has 0 aliphatic carbocycles. The van der Waals surface area contributed by atoms with Crippen molar-refractivity contribution in [3.05, 3.63) is 217 Å². The molecule has 12 rings (SSSR count). The van der Waals surface area contributed by atoms with Crippen LogP contribution in [0.3, 0.4) is 0 Å². The Morgan fingerprint density at radius 3 is 1.90 bits per heavy atom. The first-order valence-electron chi connectivity index (χ1n) is 20.4. The number of anilines is 3. The SMILES string of the molecule is C1=Cc2cc(-c3ccc4c(c3)c3ccccc3n4-c3ccccc3)ccc2N(c2nc(-c3ccc(-c4cccc5ccccc45)cc3)c3ccccc3n2)c2ccccc21. The molecule has 0 atom stereocenters. The fourth-order valence-electron chi connectivity index (χ4n) is 9.11. The van der Waals surface area contributed by atoms with Crippen molar-refractivity contribution in [2.75, 3.05) is 4.90 Å². The summed E-state index contributed by atoms with van der Waals surface area (Å²) < 4.78 is 2.36. The molecule has 11 aromatic rings. The molecular formula is C56H36N4. The molecule has 60 heavy (non-hydrogen) atoms. The van der Waals surface area contributed by atoms with Crippen LogP contribution in [0.4, 0.5) is 17.3 Å². The molecule has 4 nitrogen and oxygen atoms in total. The van der Waals surface area contributed by atoms with Crippen molar-refractivity contribution in [1.29, 1.82) is 0 Å². The summed E-state index contributed by atoms with van der Waals surface area (Å²) in [5.41, 5.74) is 15.3. The Morgan fingerprint density at radius 2 is 1.00 bits per heavy atom. The molecule has 0 radical (unpaired) electrons. The number of hydrogen-bond acceptors (Lipinski definition) is 3. The Balaban J connectivity index is 0.987. The summed E-state index contributed by atoms with van der Waals surface area (Å²) in [5.74, 6) is 0.627. The van der Waals surface area contributed by atoms with Crippen LogP contribution in [0.5, 0.6) is 0 Å². The number of rotatable bonds is 5. The number of aromatic nitrogens is 3. The summed E-state index contributed by atoms with van der Waals surface area (Å²) >= 11 is 0. The minimum absolute atomic E-state index is 0.627. The van der Waals surface area contributed by atoms with Crippen molar-refractivity contribution < 1.29 is 0 Å². The largest absolute Gasteiger partial charge is 0.309 e. The second-order valence-corrected chi connectivity index (χ2v) is 15.4. The van der Waals surface area contributed by atoms with Gasteiger partial charge in [-0.1, -0.05) is 164 Å². The molecule has 3 heterocycles. The van der Waals surface area contributed by atoms with E-state index in [0.717, 1.165) is 55.9 Å². The van der Waals surface area contributed by atoms with Gasteiger partial charge in [0.05, 0.1) is 33.6 Å². The van der Waals surface area contributed by atoms with E-state index >= 15 is 0 Å². The van der Waals surface area contributed by atoms with Crippen molar-refractivity contribution in [2.24, 2.45) is 0 Å². The summed E-state index contributed by atoms with van der Waals surface area (Å²) in [6.45, 7) is 0. The number of nitrogens with zero attached hydrogens (tertiary/aromatic N) is 4. The van der Waals surface area contributed by atoms with Crippen LogP contribution in [-0.2, 0) is 0 Å². The standard InChI is InChI=1S/C56H36N4/c1-2-16-44(17-3-1)59-53-24-11-8-19-47(53)49-36-42(32-34-54(49)59)41-31-33-52-43(35-41)30-27-39-14-5-10-23-51(39)60(52)56-57-50-22-9-7-20-48(50)55(58-56)40-28-25-38(26-29-40)46-21-12-15-37-13-4-6-18-45(37)46/h1-36H. The molecule has 2 aromatic heterocycles. The molecule has 0 N–H and O–H groups in total. The van der Waals surface area contributed by atoms with Crippen LogP contribution in [0.15, 0.2) is 206 Å². The van der Waals surface area contributed by atoms with Gasteiger partial charge in [0.15, 0.2) is 0 Å². The molecule has 0 spiro atoms. The maximum Gasteiger partial charge on any atom is 0.235 e. The zero-order valence-corrected chi connectivity index (χ0v) is 32.6. The van der Waals surface area contributed by atoms with E-state index in [2.05, 4.69) is 228 Å². The first-order chi connectivity index (χ1) is 29.7. The van der Waals surface area contributed by atoms with Gasteiger partial charge in [-0.25, -0.2) is 9.97 Å². The van der Waals surface area contributed by atoms with Crippen molar-refractivity contribution in [2.45, 2.75) is 0 Å². The van der Waals surface area contributed by atoms with Crippen LogP contribution >= 0.6 is 0 Å². The fraction of sp³-hybridized carbons (Fsp3) is 0. The van der Waals surface area contributed by atoms with E-state index in [-0.39, 0.29) is 0 Å². The predicted molar refractivity (Wildman–Crippen MR) is 251 cm³/mol. The first-order valence-corrected chi connectivity index (χ1v) is 20.4. The molecule has 1 aliphatic rings. The Hall–Kier alpha value is -8.08. The summed E-state index contributed by atoms with van der Waals surface area (Å²) in [6.07, 6.45) is 4.44. The zero-order chi connectivity index (χ0) is 39.6. The highest BCUT2D eigenvalue weighted by molar-refractivity contribution is 6.10. The highest BCUT2D eigenvalue weighted by atomic mass is 15.3. The van der Waals surface area contributed by atoms with Crippen molar-refractivity contribution in [3.63, 3.8) is 0 Å². The molecule has 9 aromatic carbocycles. The lowest BCUT2D eigenvalue weighted by Gasteiger charge is -2.26. The van der Waals surface area contributed by atoms with Gasteiger partial charge in [-0.05, 0) is 98.8 Å². The van der Waals surface area contributed by atoms with Gasteiger partial charge in [-0.15, -0.1) is 0 Å². The maximum absolute atomic E-state index is 5.44. The smallest absolute Gasteiger partial charge is 0.235 e. The van der Waals surface area contributed by atoms with Crippen LogP contribution in [-0.4, -0.2) is 14.5 Å². The van der Waals surface area contributed by atoms with Gasteiger partial charge >= 0.3 is 0 Å². The van der Waals surface area contributed by atoms with E-state index in [1.54, 1.807) is 0 Å². The van der Waals surface area contributed by atoms with E-state index in [1.807, 2.05) is 0 Å². The molecule has 0 bridgehead atoms. The fourth-order valence-corrected chi connectivity index (χ4v) is 9.11. The average Bonchev–Trinajstić information content (AvgIpc) is 3.55. The molecule has 280 valence electrons. The predicted octanol–water partition coefficient (Wildman–Crippen LogP) is 14.8. The zero-order valence-electron chi connectivity index (χ0n) is 32.6. The normalized spacial score (nSPS) is 12.2. The Morgan fingerprint density at radius 1 is 0.367 bits per heavy atom. The van der Waals surface area contributed by atoms with Gasteiger partial charge in [0.1, 0.15) is 0 Å². The third kappa shape index (κ3) is 5.53. The van der Waals surface area contributed by atoms with E-state index in [1.165, 1.54) is 49.3 Å². The summed E-state index contributed by atoms with van der Waals surface area (Å²) in [4.78, 5) is 12.9. The number of fused-ring (bicyclic) bond motifs is 7. The van der Waals surface area contributed by atoms with Crippen LogP contribution in [0.25, 0.3) is 94.8 Å². The summed E-state index contributed by atoms with van der Waals surface area (Å²) in [6, 6.07) is 73.7. The van der Waals surface area contributed by atoms with E-state index in [9.17, 15) is 0 Å². The van der Waals surface area contributed by atoms with E-state index in [0.29, 0.717) is 5.95 Å². The van der Waals surface area contributed by atoms with Gasteiger partial charge in [-0.3, -0.25) is 4.90 Å². The van der Waals surface area contributed by atoms with Crippen LogP contribution < -0.4 is 4.90 Å². The molecule has 0 saturated carbocycles. The van der Waals surface area contributed by atoms with Gasteiger partial charge < -0.3 is 4.57 Å². The second kappa shape index (κ2) is 13.8. The summed E-state index contributed by atoms with van der Waals surface area (Å²) in [5, 5.41) is 5.96. The van der Waals surface area contributed by atoms with Gasteiger partial charge in [-0.2, -0.15) is 0 Å². The monoisotopic (exact) mass is 764 g/mol. The quantitative estimate of drug-likeness (QED) is 0.175. The maximum atomic E-state index is 5.44. The van der Waals surface area contributed by atoms with Crippen molar-refractivity contribution in [1.82, 2.24) is 14.5 Å². The first kappa shape index (κ1) is 34.0. The number of para-hydroxylation sites is 4. The Bertz CT molecular complexity index is 3480. The number of benzene rings is 9. The third-order valence-electron chi connectivity index (χ3n) is 12.0. The molecule has 0 unspecified atom stereocenters. The van der Waals surface area contributed by atoms with Crippen LogP contribution in [0.2, 0.25) is 0 Å².